The molecule has 2 rings (SSSR count). The lowest BCUT2D eigenvalue weighted by Crippen LogP contribution is -2.41. The Morgan fingerprint density at radius 1 is 1.16 bits per heavy atom. The van der Waals surface area contributed by atoms with Gasteiger partial charge >= 0.3 is 7.12 Å². The molecule has 0 bridgehead atoms. The van der Waals surface area contributed by atoms with Gasteiger partial charge in [-0.1, -0.05) is 6.07 Å². The summed E-state index contributed by atoms with van der Waals surface area (Å²) in [5.74, 6) is 0.530. The summed E-state index contributed by atoms with van der Waals surface area (Å²) in [7, 11) is 1.09. The van der Waals surface area contributed by atoms with Crippen molar-refractivity contribution in [1.82, 2.24) is 0 Å². The predicted molar refractivity (Wildman–Crippen MR) is 74.1 cm³/mol. The van der Waals surface area contributed by atoms with Crippen molar-refractivity contribution in [3.63, 3.8) is 0 Å². The van der Waals surface area contributed by atoms with Gasteiger partial charge in [0.2, 0.25) is 0 Å². The fraction of sp³-hybridized carbons (Fsp3) is 0.500. The molecule has 1 saturated heterocycles. The zero-order valence-corrected chi connectivity index (χ0v) is 12.0. The van der Waals surface area contributed by atoms with Gasteiger partial charge in [0, 0.05) is 0 Å². The number of hydrogen-bond acceptors (Lipinski definition) is 4. The van der Waals surface area contributed by atoms with Crippen molar-refractivity contribution in [2.24, 2.45) is 0 Å². The van der Waals surface area contributed by atoms with E-state index in [1.165, 1.54) is 7.11 Å². The lowest BCUT2D eigenvalue weighted by Gasteiger charge is -2.32. The van der Waals surface area contributed by atoms with E-state index in [1.807, 2.05) is 33.8 Å². The van der Waals surface area contributed by atoms with E-state index in [1.54, 1.807) is 12.1 Å². The van der Waals surface area contributed by atoms with Gasteiger partial charge in [0.1, 0.15) is 5.75 Å². The van der Waals surface area contributed by atoms with Crippen LogP contribution in [0.25, 0.3) is 0 Å². The first-order valence-electron chi connectivity index (χ1n) is 6.29. The summed E-state index contributed by atoms with van der Waals surface area (Å²) in [5, 5.41) is 0. The van der Waals surface area contributed by atoms with Gasteiger partial charge in [-0.3, -0.25) is 4.79 Å². The summed E-state index contributed by atoms with van der Waals surface area (Å²) in [6.07, 6.45) is 0.771. The van der Waals surface area contributed by atoms with Crippen LogP contribution < -0.4 is 10.2 Å². The number of carbonyl (C=O) groups is 1. The Kier molecular flexibility index (Phi) is 3.45. The number of carbonyl (C=O) groups excluding carboxylic acids is 1. The highest BCUT2D eigenvalue weighted by Gasteiger charge is 2.51. The van der Waals surface area contributed by atoms with E-state index in [4.69, 9.17) is 14.0 Å². The molecule has 0 spiro atoms. The molecule has 0 saturated carbocycles. The minimum Gasteiger partial charge on any atom is -0.496 e. The highest BCUT2D eigenvalue weighted by atomic mass is 16.7. The Morgan fingerprint density at radius 3 is 2.21 bits per heavy atom. The molecular weight excluding hydrogens is 243 g/mol. The molecule has 0 aliphatic carbocycles. The first kappa shape index (κ1) is 14.1. The van der Waals surface area contributed by atoms with E-state index in [-0.39, 0.29) is 11.2 Å². The van der Waals surface area contributed by atoms with Crippen molar-refractivity contribution in [1.29, 1.82) is 0 Å². The first-order chi connectivity index (χ1) is 8.80. The third kappa shape index (κ3) is 2.40. The van der Waals surface area contributed by atoms with E-state index in [0.717, 1.165) is 11.7 Å². The van der Waals surface area contributed by atoms with E-state index in [9.17, 15) is 4.79 Å². The van der Waals surface area contributed by atoms with Crippen molar-refractivity contribution in [2.75, 3.05) is 7.11 Å². The van der Waals surface area contributed by atoms with Gasteiger partial charge in [0.05, 0.1) is 23.9 Å². The Balaban J connectivity index is 2.32. The maximum absolute atomic E-state index is 10.9. The molecule has 102 valence electrons. The van der Waals surface area contributed by atoms with Crippen LogP contribution in [0.4, 0.5) is 0 Å². The SMILES string of the molecule is COc1cc(B2OC(C)(C)C(C)(C)O2)ccc1C=O. The van der Waals surface area contributed by atoms with Gasteiger partial charge in [0.25, 0.3) is 0 Å². The predicted octanol–water partition coefficient (Wildman–Crippen LogP) is 1.81. The number of methoxy groups -OCH3 is 1. The van der Waals surface area contributed by atoms with Crippen LogP contribution in [0.3, 0.4) is 0 Å². The number of ether oxygens (including phenoxy) is 1. The monoisotopic (exact) mass is 262 g/mol. The molecular formula is C14H19BO4. The maximum atomic E-state index is 10.9. The molecule has 0 aromatic heterocycles. The second-order valence-electron chi connectivity index (χ2n) is 5.71. The Bertz CT molecular complexity index is 480. The van der Waals surface area contributed by atoms with Crippen LogP contribution in [-0.2, 0) is 9.31 Å². The van der Waals surface area contributed by atoms with E-state index in [0.29, 0.717) is 11.3 Å². The van der Waals surface area contributed by atoms with Gasteiger partial charge in [-0.05, 0) is 45.3 Å². The van der Waals surface area contributed by atoms with Crippen LogP contribution in [0.1, 0.15) is 38.1 Å². The van der Waals surface area contributed by atoms with Gasteiger partial charge in [0.15, 0.2) is 6.29 Å². The van der Waals surface area contributed by atoms with E-state index >= 15 is 0 Å². The summed E-state index contributed by atoms with van der Waals surface area (Å²) in [4.78, 5) is 10.9. The topological polar surface area (TPSA) is 44.8 Å². The third-order valence-corrected chi connectivity index (χ3v) is 3.91. The summed E-state index contributed by atoms with van der Waals surface area (Å²) in [5.41, 5.74) is 0.603. The first-order valence-corrected chi connectivity index (χ1v) is 6.29. The average Bonchev–Trinajstić information content (AvgIpc) is 2.57. The Hall–Kier alpha value is -1.33. The van der Waals surface area contributed by atoms with Crippen molar-refractivity contribution in [3.05, 3.63) is 23.8 Å². The summed E-state index contributed by atoms with van der Waals surface area (Å²) in [6, 6.07) is 5.33. The molecule has 1 aromatic carbocycles. The smallest absolute Gasteiger partial charge is 0.494 e. The lowest BCUT2D eigenvalue weighted by molar-refractivity contribution is 0.00578. The Morgan fingerprint density at radius 2 is 1.74 bits per heavy atom. The molecule has 0 amide bonds. The largest absolute Gasteiger partial charge is 0.496 e. The summed E-state index contributed by atoms with van der Waals surface area (Å²) in [6.45, 7) is 8.02. The van der Waals surface area contributed by atoms with Crippen LogP contribution in [0.15, 0.2) is 18.2 Å². The van der Waals surface area contributed by atoms with Crippen LogP contribution in [-0.4, -0.2) is 31.7 Å². The van der Waals surface area contributed by atoms with E-state index in [2.05, 4.69) is 0 Å². The van der Waals surface area contributed by atoms with Gasteiger partial charge in [-0.25, -0.2) is 0 Å². The van der Waals surface area contributed by atoms with Crippen molar-refractivity contribution >= 4 is 18.9 Å². The molecule has 4 nitrogen and oxygen atoms in total. The summed E-state index contributed by atoms with van der Waals surface area (Å²) >= 11 is 0. The van der Waals surface area contributed by atoms with Crippen LogP contribution >= 0.6 is 0 Å². The van der Waals surface area contributed by atoms with Crippen molar-refractivity contribution < 1.29 is 18.8 Å². The molecule has 0 atom stereocenters. The van der Waals surface area contributed by atoms with Crippen molar-refractivity contribution in [2.45, 2.75) is 38.9 Å². The van der Waals surface area contributed by atoms with Crippen molar-refractivity contribution in [3.8, 4) is 5.75 Å². The molecule has 19 heavy (non-hydrogen) atoms. The number of aldehydes is 1. The second kappa shape index (κ2) is 4.65. The molecule has 1 aromatic rings. The molecule has 1 aliphatic heterocycles. The molecule has 0 N–H and O–H groups in total. The minimum atomic E-state index is -0.445. The fourth-order valence-electron chi connectivity index (χ4n) is 1.95. The van der Waals surface area contributed by atoms with Crippen LogP contribution in [0, 0.1) is 0 Å². The van der Waals surface area contributed by atoms with Crippen LogP contribution in [0.5, 0.6) is 5.75 Å². The normalized spacial score (nSPS) is 20.4. The highest BCUT2D eigenvalue weighted by Crippen LogP contribution is 2.36. The third-order valence-electron chi connectivity index (χ3n) is 3.91. The van der Waals surface area contributed by atoms with Gasteiger partial charge < -0.3 is 14.0 Å². The molecule has 1 aliphatic rings. The number of hydrogen-bond donors (Lipinski definition) is 0. The van der Waals surface area contributed by atoms with Gasteiger partial charge in [-0.2, -0.15) is 0 Å². The zero-order valence-electron chi connectivity index (χ0n) is 12.0. The van der Waals surface area contributed by atoms with Gasteiger partial charge in [-0.15, -0.1) is 0 Å². The fourth-order valence-corrected chi connectivity index (χ4v) is 1.95. The highest BCUT2D eigenvalue weighted by molar-refractivity contribution is 6.62. The minimum absolute atomic E-state index is 0.381. The summed E-state index contributed by atoms with van der Waals surface area (Å²) < 4.78 is 17.1. The number of benzene rings is 1. The van der Waals surface area contributed by atoms with Crippen LogP contribution in [0.2, 0.25) is 0 Å². The number of rotatable bonds is 3. The average molecular weight is 262 g/mol. The molecule has 1 heterocycles. The molecule has 5 heteroatoms. The quantitative estimate of drug-likeness (QED) is 0.615. The molecule has 0 unspecified atom stereocenters. The Labute approximate surface area is 114 Å². The molecule has 0 radical (unpaired) electrons. The van der Waals surface area contributed by atoms with E-state index < -0.39 is 7.12 Å². The zero-order chi connectivity index (χ0) is 14.3. The standard InChI is InChI=1S/C14H19BO4/c1-13(2)14(3,4)19-15(18-13)11-7-6-10(9-16)12(8-11)17-5/h6-9H,1-5H3. The molecule has 1 fully saturated rings. The lowest BCUT2D eigenvalue weighted by atomic mass is 9.78. The maximum Gasteiger partial charge on any atom is 0.494 e. The second-order valence-corrected chi connectivity index (χ2v) is 5.71.